The van der Waals surface area contributed by atoms with Crippen molar-refractivity contribution in [2.45, 2.75) is 27.2 Å². The summed E-state index contributed by atoms with van der Waals surface area (Å²) in [4.78, 5) is 26.1. The number of aryl methyl sites for hydroxylation is 2. The van der Waals surface area contributed by atoms with E-state index < -0.39 is 5.41 Å². The SMILES string of the molecule is COC(=O)C1(C)CCN(C(=O)c2cc(C)ccc2C)C1. The fourth-order valence-corrected chi connectivity index (χ4v) is 2.68. The van der Waals surface area contributed by atoms with Crippen LogP contribution >= 0.6 is 0 Å². The summed E-state index contributed by atoms with van der Waals surface area (Å²) in [6.07, 6.45) is 0.649. The Balaban J connectivity index is 2.20. The molecular formula is C16H21NO3. The van der Waals surface area contributed by atoms with Crippen LogP contribution in [0.15, 0.2) is 18.2 Å². The maximum absolute atomic E-state index is 12.6. The van der Waals surface area contributed by atoms with Gasteiger partial charge in [0, 0.05) is 18.7 Å². The van der Waals surface area contributed by atoms with E-state index in [0.717, 1.165) is 16.7 Å². The molecule has 20 heavy (non-hydrogen) atoms. The molecule has 0 aromatic heterocycles. The van der Waals surface area contributed by atoms with Crippen LogP contribution in [-0.4, -0.2) is 37.0 Å². The Labute approximate surface area is 119 Å². The quantitative estimate of drug-likeness (QED) is 0.778. The summed E-state index contributed by atoms with van der Waals surface area (Å²) in [5.74, 6) is -0.243. The molecule has 0 radical (unpaired) electrons. The molecule has 4 nitrogen and oxygen atoms in total. The molecule has 1 fully saturated rings. The van der Waals surface area contributed by atoms with Gasteiger partial charge in [-0.05, 0) is 38.8 Å². The maximum Gasteiger partial charge on any atom is 0.313 e. The zero-order chi connectivity index (χ0) is 14.9. The van der Waals surface area contributed by atoms with E-state index in [0.29, 0.717) is 19.5 Å². The van der Waals surface area contributed by atoms with Crippen LogP contribution in [0.25, 0.3) is 0 Å². The first-order valence-electron chi connectivity index (χ1n) is 6.82. The van der Waals surface area contributed by atoms with Gasteiger partial charge in [0.1, 0.15) is 0 Å². The van der Waals surface area contributed by atoms with Crippen molar-refractivity contribution in [2.24, 2.45) is 5.41 Å². The third-order valence-corrected chi connectivity index (χ3v) is 4.06. The minimum Gasteiger partial charge on any atom is -0.469 e. The topological polar surface area (TPSA) is 46.6 Å². The van der Waals surface area contributed by atoms with E-state index in [1.807, 2.05) is 39.0 Å². The van der Waals surface area contributed by atoms with E-state index in [2.05, 4.69) is 0 Å². The van der Waals surface area contributed by atoms with E-state index in [1.54, 1.807) is 4.90 Å². The molecule has 4 heteroatoms. The Hall–Kier alpha value is -1.84. The summed E-state index contributed by atoms with van der Waals surface area (Å²) >= 11 is 0. The van der Waals surface area contributed by atoms with E-state index in [-0.39, 0.29) is 11.9 Å². The summed E-state index contributed by atoms with van der Waals surface area (Å²) in [5, 5.41) is 0. The van der Waals surface area contributed by atoms with E-state index >= 15 is 0 Å². The van der Waals surface area contributed by atoms with Gasteiger partial charge in [0.25, 0.3) is 5.91 Å². The lowest BCUT2D eigenvalue weighted by molar-refractivity contribution is -0.150. The smallest absolute Gasteiger partial charge is 0.313 e. The Kier molecular flexibility index (Phi) is 3.84. The second-order valence-corrected chi connectivity index (χ2v) is 5.85. The van der Waals surface area contributed by atoms with Crippen LogP contribution in [0.2, 0.25) is 0 Å². The lowest BCUT2D eigenvalue weighted by atomic mass is 9.90. The standard InChI is InChI=1S/C16H21NO3/c1-11-5-6-12(2)13(9-11)14(18)17-8-7-16(3,10-17)15(19)20-4/h5-6,9H,7-8,10H2,1-4H3. The Morgan fingerprint density at radius 2 is 2.00 bits per heavy atom. The number of hydrogen-bond acceptors (Lipinski definition) is 3. The third kappa shape index (κ3) is 2.55. The van der Waals surface area contributed by atoms with Crippen molar-refractivity contribution in [3.63, 3.8) is 0 Å². The molecule has 1 aromatic rings. The first-order valence-corrected chi connectivity index (χ1v) is 6.82. The fraction of sp³-hybridized carbons (Fsp3) is 0.500. The van der Waals surface area contributed by atoms with Crippen molar-refractivity contribution in [1.82, 2.24) is 4.90 Å². The van der Waals surface area contributed by atoms with E-state index in [4.69, 9.17) is 4.74 Å². The molecule has 1 atom stereocenters. The van der Waals surface area contributed by atoms with E-state index in [1.165, 1.54) is 7.11 Å². The van der Waals surface area contributed by atoms with Gasteiger partial charge in [0.2, 0.25) is 0 Å². The maximum atomic E-state index is 12.6. The van der Waals surface area contributed by atoms with Gasteiger partial charge in [0.05, 0.1) is 12.5 Å². The average Bonchev–Trinajstić information content (AvgIpc) is 2.83. The highest BCUT2D eigenvalue weighted by Gasteiger charge is 2.43. The molecule has 0 aliphatic carbocycles. The predicted octanol–water partition coefficient (Wildman–Crippen LogP) is 2.33. The van der Waals surface area contributed by atoms with Crippen LogP contribution in [-0.2, 0) is 9.53 Å². The van der Waals surface area contributed by atoms with Gasteiger partial charge in [-0.2, -0.15) is 0 Å². The molecule has 108 valence electrons. The first kappa shape index (κ1) is 14.6. The number of esters is 1. The molecule has 1 unspecified atom stereocenters. The van der Waals surface area contributed by atoms with Gasteiger partial charge >= 0.3 is 5.97 Å². The van der Waals surface area contributed by atoms with Gasteiger partial charge in [-0.3, -0.25) is 9.59 Å². The second-order valence-electron chi connectivity index (χ2n) is 5.85. The van der Waals surface area contributed by atoms with Crippen LogP contribution in [0.1, 0.15) is 34.8 Å². The van der Waals surface area contributed by atoms with Gasteiger partial charge in [-0.25, -0.2) is 0 Å². The zero-order valence-electron chi connectivity index (χ0n) is 12.5. The molecule has 0 spiro atoms. The van der Waals surface area contributed by atoms with Gasteiger partial charge < -0.3 is 9.64 Å². The third-order valence-electron chi connectivity index (χ3n) is 4.06. The van der Waals surface area contributed by atoms with Crippen molar-refractivity contribution in [3.05, 3.63) is 34.9 Å². The van der Waals surface area contributed by atoms with Crippen LogP contribution in [0.5, 0.6) is 0 Å². The average molecular weight is 275 g/mol. The highest BCUT2D eigenvalue weighted by Crippen LogP contribution is 2.32. The molecule has 0 N–H and O–H groups in total. The lowest BCUT2D eigenvalue weighted by Crippen LogP contribution is -2.35. The molecule has 1 heterocycles. The molecular weight excluding hydrogens is 254 g/mol. The summed E-state index contributed by atoms with van der Waals surface area (Å²) < 4.78 is 4.84. The second kappa shape index (κ2) is 5.27. The van der Waals surface area contributed by atoms with Crippen molar-refractivity contribution in [3.8, 4) is 0 Å². The monoisotopic (exact) mass is 275 g/mol. The lowest BCUT2D eigenvalue weighted by Gasteiger charge is -2.22. The molecule has 1 aromatic carbocycles. The molecule has 2 rings (SSSR count). The number of likely N-dealkylation sites (tertiary alicyclic amines) is 1. The van der Waals surface area contributed by atoms with Crippen molar-refractivity contribution in [2.75, 3.05) is 20.2 Å². The Bertz CT molecular complexity index is 553. The molecule has 1 aliphatic heterocycles. The van der Waals surface area contributed by atoms with Gasteiger partial charge in [-0.1, -0.05) is 17.7 Å². The molecule has 1 aliphatic rings. The van der Waals surface area contributed by atoms with Crippen LogP contribution in [0.3, 0.4) is 0 Å². The normalized spacial score (nSPS) is 21.9. The summed E-state index contributed by atoms with van der Waals surface area (Å²) in [6, 6.07) is 5.86. The minimum absolute atomic E-state index is 0.00109. The first-order chi connectivity index (χ1) is 9.37. The Morgan fingerprint density at radius 1 is 1.30 bits per heavy atom. The van der Waals surface area contributed by atoms with Crippen LogP contribution in [0, 0.1) is 19.3 Å². The van der Waals surface area contributed by atoms with Crippen molar-refractivity contribution < 1.29 is 14.3 Å². The van der Waals surface area contributed by atoms with Gasteiger partial charge in [-0.15, -0.1) is 0 Å². The molecule has 1 saturated heterocycles. The molecule has 0 saturated carbocycles. The molecule has 1 amide bonds. The number of rotatable bonds is 2. The number of carbonyl (C=O) groups excluding carboxylic acids is 2. The predicted molar refractivity (Wildman–Crippen MR) is 76.6 cm³/mol. The Morgan fingerprint density at radius 3 is 2.65 bits per heavy atom. The van der Waals surface area contributed by atoms with Crippen LogP contribution < -0.4 is 0 Å². The largest absolute Gasteiger partial charge is 0.469 e. The number of ether oxygens (including phenoxy) is 1. The van der Waals surface area contributed by atoms with Crippen molar-refractivity contribution in [1.29, 1.82) is 0 Å². The summed E-state index contributed by atoms with van der Waals surface area (Å²) in [6.45, 7) is 6.78. The fourth-order valence-electron chi connectivity index (χ4n) is 2.68. The highest BCUT2D eigenvalue weighted by molar-refractivity contribution is 5.96. The number of hydrogen-bond donors (Lipinski definition) is 0. The number of nitrogens with zero attached hydrogens (tertiary/aromatic N) is 1. The number of amides is 1. The number of methoxy groups -OCH3 is 1. The minimum atomic E-state index is -0.581. The summed E-state index contributed by atoms with van der Waals surface area (Å²) in [5.41, 5.74) is 2.17. The van der Waals surface area contributed by atoms with Gasteiger partial charge in [0.15, 0.2) is 0 Å². The van der Waals surface area contributed by atoms with Crippen molar-refractivity contribution >= 4 is 11.9 Å². The highest BCUT2D eigenvalue weighted by atomic mass is 16.5. The van der Waals surface area contributed by atoms with Crippen LogP contribution in [0.4, 0.5) is 0 Å². The molecule has 0 bridgehead atoms. The zero-order valence-corrected chi connectivity index (χ0v) is 12.5. The summed E-state index contributed by atoms with van der Waals surface area (Å²) in [7, 11) is 1.39. The van der Waals surface area contributed by atoms with E-state index in [9.17, 15) is 9.59 Å². The number of carbonyl (C=O) groups is 2. The number of benzene rings is 1.